The van der Waals surface area contributed by atoms with E-state index in [0.717, 1.165) is 28.8 Å². The first-order chi connectivity index (χ1) is 7.61. The Morgan fingerprint density at radius 1 is 1.69 bits per heavy atom. The van der Waals surface area contributed by atoms with Crippen molar-refractivity contribution in [1.82, 2.24) is 10.2 Å². The zero-order chi connectivity index (χ0) is 11.3. The number of carboxylic acid groups (broad SMARTS) is 1. The van der Waals surface area contributed by atoms with Crippen molar-refractivity contribution in [3.63, 3.8) is 0 Å². The maximum absolute atomic E-state index is 10.8. The quantitative estimate of drug-likeness (QED) is 0.860. The average Bonchev–Trinajstić information content (AvgIpc) is 2.73. The molecule has 0 aliphatic heterocycles. The Morgan fingerprint density at radius 2 is 2.44 bits per heavy atom. The van der Waals surface area contributed by atoms with Crippen LogP contribution >= 0.6 is 11.3 Å². The summed E-state index contributed by atoms with van der Waals surface area (Å²) in [6.07, 6.45) is 2.23. The minimum absolute atomic E-state index is 0.0867. The smallest absolute Gasteiger partial charge is 0.304 e. The number of aryl methyl sites for hydroxylation is 1. The lowest BCUT2D eigenvalue weighted by Crippen LogP contribution is -2.11. The second-order valence-electron chi connectivity index (χ2n) is 4.53. The Morgan fingerprint density at radius 3 is 3.00 bits per heavy atom. The van der Waals surface area contributed by atoms with E-state index in [1.807, 2.05) is 6.92 Å². The van der Waals surface area contributed by atoms with Gasteiger partial charge in [-0.15, -0.1) is 11.3 Å². The van der Waals surface area contributed by atoms with Crippen LogP contribution in [0.15, 0.2) is 6.07 Å². The molecule has 0 unspecified atom stereocenters. The molecule has 3 rings (SSSR count). The van der Waals surface area contributed by atoms with Crippen molar-refractivity contribution in [1.29, 1.82) is 0 Å². The van der Waals surface area contributed by atoms with Crippen molar-refractivity contribution < 1.29 is 9.90 Å². The summed E-state index contributed by atoms with van der Waals surface area (Å²) >= 11 is 1.62. The Hall–Kier alpha value is -1.36. The van der Waals surface area contributed by atoms with E-state index in [-0.39, 0.29) is 11.8 Å². The van der Waals surface area contributed by atoms with Gasteiger partial charge in [0.05, 0.1) is 6.42 Å². The van der Waals surface area contributed by atoms with Gasteiger partial charge in [-0.3, -0.25) is 9.89 Å². The molecule has 2 aromatic heterocycles. The van der Waals surface area contributed by atoms with E-state index in [4.69, 9.17) is 5.11 Å². The number of nitrogens with zero attached hydrogens (tertiary/aromatic N) is 1. The first-order valence-electron chi connectivity index (χ1n) is 5.27. The number of fused-ring (bicyclic) bond motifs is 1. The molecule has 5 heteroatoms. The number of aromatic amines is 1. The highest BCUT2D eigenvalue weighted by atomic mass is 32.1. The fourth-order valence-corrected chi connectivity index (χ4v) is 3.43. The first kappa shape index (κ1) is 9.84. The highest BCUT2D eigenvalue weighted by Crippen LogP contribution is 2.54. The molecule has 2 heterocycles. The van der Waals surface area contributed by atoms with Crippen molar-refractivity contribution >= 4 is 27.5 Å². The number of carbonyl (C=O) groups is 1. The summed E-state index contributed by atoms with van der Waals surface area (Å²) in [5, 5.41) is 17.2. The SMILES string of the molecule is Cc1[nH]nc2sc(C3(CC(=O)O)CC3)cc12. The van der Waals surface area contributed by atoms with Crippen LogP contribution in [0.2, 0.25) is 0 Å². The zero-order valence-corrected chi connectivity index (χ0v) is 9.73. The molecule has 0 saturated heterocycles. The van der Waals surface area contributed by atoms with Gasteiger partial charge in [0.25, 0.3) is 0 Å². The van der Waals surface area contributed by atoms with Crippen LogP contribution < -0.4 is 0 Å². The molecule has 0 spiro atoms. The fourth-order valence-electron chi connectivity index (χ4n) is 2.14. The average molecular weight is 236 g/mol. The molecular weight excluding hydrogens is 224 g/mol. The number of aromatic nitrogens is 2. The molecule has 16 heavy (non-hydrogen) atoms. The molecule has 0 bridgehead atoms. The third-order valence-electron chi connectivity index (χ3n) is 3.31. The molecular formula is C11H12N2O2S. The van der Waals surface area contributed by atoms with Gasteiger partial charge in [-0.1, -0.05) is 0 Å². The van der Waals surface area contributed by atoms with E-state index < -0.39 is 5.97 Å². The summed E-state index contributed by atoms with van der Waals surface area (Å²) in [6.45, 7) is 1.99. The maximum Gasteiger partial charge on any atom is 0.304 e. The maximum atomic E-state index is 10.8. The normalized spacial score (nSPS) is 17.8. The van der Waals surface area contributed by atoms with Crippen molar-refractivity contribution in [3.05, 3.63) is 16.6 Å². The number of aliphatic carboxylic acids is 1. The molecule has 2 aromatic rings. The van der Waals surface area contributed by atoms with Gasteiger partial charge in [0, 0.05) is 21.4 Å². The Labute approximate surface area is 96.3 Å². The van der Waals surface area contributed by atoms with Crippen molar-refractivity contribution in [3.8, 4) is 0 Å². The molecule has 1 aliphatic rings. The van der Waals surface area contributed by atoms with E-state index >= 15 is 0 Å². The number of H-pyrrole nitrogens is 1. The van der Waals surface area contributed by atoms with Gasteiger partial charge in [0.15, 0.2) is 0 Å². The van der Waals surface area contributed by atoms with E-state index in [2.05, 4.69) is 16.3 Å². The highest BCUT2D eigenvalue weighted by molar-refractivity contribution is 7.18. The second kappa shape index (κ2) is 3.07. The standard InChI is InChI=1S/C11H12N2O2S/c1-6-7-4-8(16-10(7)13-12-6)11(2-3-11)5-9(14)15/h4H,2-3,5H2,1H3,(H,12,13)(H,14,15). The van der Waals surface area contributed by atoms with Crippen LogP contribution in [0.25, 0.3) is 10.2 Å². The molecule has 0 amide bonds. The Bertz CT molecular complexity index is 566. The molecule has 1 aliphatic carbocycles. The van der Waals surface area contributed by atoms with E-state index in [1.54, 1.807) is 11.3 Å². The summed E-state index contributed by atoms with van der Waals surface area (Å²) in [7, 11) is 0. The summed E-state index contributed by atoms with van der Waals surface area (Å²) in [6, 6.07) is 2.11. The minimum atomic E-state index is -0.707. The lowest BCUT2D eigenvalue weighted by molar-refractivity contribution is -0.137. The first-order valence-corrected chi connectivity index (χ1v) is 6.09. The van der Waals surface area contributed by atoms with Crippen LogP contribution in [0.1, 0.15) is 29.8 Å². The van der Waals surface area contributed by atoms with E-state index in [0.29, 0.717) is 0 Å². The van der Waals surface area contributed by atoms with Gasteiger partial charge in [-0.25, -0.2) is 0 Å². The zero-order valence-electron chi connectivity index (χ0n) is 8.91. The van der Waals surface area contributed by atoms with Gasteiger partial charge in [-0.05, 0) is 25.8 Å². The number of rotatable bonds is 3. The Kier molecular flexibility index (Phi) is 1.89. The number of nitrogens with one attached hydrogen (secondary N) is 1. The monoisotopic (exact) mass is 236 g/mol. The van der Waals surface area contributed by atoms with Crippen molar-refractivity contribution in [2.75, 3.05) is 0 Å². The van der Waals surface area contributed by atoms with Crippen LogP contribution in [0.5, 0.6) is 0 Å². The molecule has 84 valence electrons. The highest BCUT2D eigenvalue weighted by Gasteiger charge is 2.47. The molecule has 2 N–H and O–H groups in total. The topological polar surface area (TPSA) is 66.0 Å². The number of hydrogen-bond acceptors (Lipinski definition) is 3. The van der Waals surface area contributed by atoms with Gasteiger partial charge >= 0.3 is 5.97 Å². The third-order valence-corrected chi connectivity index (χ3v) is 4.58. The molecule has 0 atom stereocenters. The molecule has 1 saturated carbocycles. The lowest BCUT2D eigenvalue weighted by Gasteiger charge is -2.08. The largest absolute Gasteiger partial charge is 0.481 e. The predicted octanol–water partition coefficient (Wildman–Crippen LogP) is 2.44. The van der Waals surface area contributed by atoms with Crippen LogP contribution in [0.3, 0.4) is 0 Å². The number of hydrogen-bond donors (Lipinski definition) is 2. The third kappa shape index (κ3) is 1.35. The predicted molar refractivity (Wildman–Crippen MR) is 61.9 cm³/mol. The molecule has 1 fully saturated rings. The second-order valence-corrected chi connectivity index (χ2v) is 5.56. The molecule has 4 nitrogen and oxygen atoms in total. The number of carboxylic acids is 1. The summed E-state index contributed by atoms with van der Waals surface area (Å²) in [4.78, 5) is 13.0. The van der Waals surface area contributed by atoms with E-state index in [1.165, 1.54) is 4.88 Å². The summed E-state index contributed by atoms with van der Waals surface area (Å²) in [5.74, 6) is -0.707. The van der Waals surface area contributed by atoms with Crippen LogP contribution in [-0.4, -0.2) is 21.3 Å². The van der Waals surface area contributed by atoms with Gasteiger partial charge in [0.1, 0.15) is 4.83 Å². The van der Waals surface area contributed by atoms with Gasteiger partial charge in [-0.2, -0.15) is 5.10 Å². The van der Waals surface area contributed by atoms with E-state index in [9.17, 15) is 4.79 Å². The van der Waals surface area contributed by atoms with Crippen LogP contribution in [-0.2, 0) is 10.2 Å². The summed E-state index contributed by atoms with van der Waals surface area (Å²) in [5.41, 5.74) is 0.972. The molecule has 0 aromatic carbocycles. The summed E-state index contributed by atoms with van der Waals surface area (Å²) < 4.78 is 0. The lowest BCUT2D eigenvalue weighted by atomic mass is 10.0. The number of thiophene rings is 1. The van der Waals surface area contributed by atoms with Crippen molar-refractivity contribution in [2.45, 2.75) is 31.6 Å². The van der Waals surface area contributed by atoms with Gasteiger partial charge < -0.3 is 5.11 Å². The van der Waals surface area contributed by atoms with Crippen molar-refractivity contribution in [2.24, 2.45) is 0 Å². The van der Waals surface area contributed by atoms with Crippen LogP contribution in [0, 0.1) is 6.92 Å². The molecule has 0 radical (unpaired) electrons. The fraction of sp³-hybridized carbons (Fsp3) is 0.455. The Balaban J connectivity index is 2.02. The van der Waals surface area contributed by atoms with Crippen LogP contribution in [0.4, 0.5) is 0 Å². The minimum Gasteiger partial charge on any atom is -0.481 e. The van der Waals surface area contributed by atoms with Gasteiger partial charge in [0.2, 0.25) is 0 Å².